The van der Waals surface area contributed by atoms with Gasteiger partial charge in [-0.25, -0.2) is 0 Å². The van der Waals surface area contributed by atoms with Crippen LogP contribution in [0.4, 0.5) is 0 Å². The molecule has 0 amide bonds. The fraction of sp³-hybridized carbons (Fsp3) is 0.143. The molecule has 0 aliphatic heterocycles. The number of rotatable bonds is 1. The molecule has 14 heavy (non-hydrogen) atoms. The summed E-state index contributed by atoms with van der Waals surface area (Å²) >= 11 is 13.5. The third-order valence-corrected chi connectivity index (χ3v) is 5.36. The third-order valence-electron chi connectivity index (χ3n) is 1.75. The monoisotopic (exact) mass is 353 g/mol. The maximum Gasteiger partial charge on any atom is 0.195 e. The second-order valence-corrected chi connectivity index (χ2v) is 6.25. The molecule has 2 aromatic rings. The highest BCUT2D eigenvalue weighted by atomic mass is 79.9. The lowest BCUT2D eigenvalue weighted by Crippen LogP contribution is -1.89. The molecule has 0 fully saturated rings. The van der Waals surface area contributed by atoms with Crippen LogP contribution < -0.4 is 0 Å². The van der Waals surface area contributed by atoms with Crippen LogP contribution in [0.2, 0.25) is 0 Å². The second kappa shape index (κ2) is 3.88. The van der Waals surface area contributed by atoms with Gasteiger partial charge in [0.1, 0.15) is 0 Å². The van der Waals surface area contributed by atoms with Gasteiger partial charge in [0.15, 0.2) is 10.6 Å². The molecule has 0 aliphatic carbocycles. The summed E-state index contributed by atoms with van der Waals surface area (Å²) in [5.41, 5.74) is 0. The van der Waals surface area contributed by atoms with E-state index in [0.717, 1.165) is 19.0 Å². The minimum absolute atomic E-state index is 0.626. The molecular formula is C7H5Br2N3S2. The molecule has 2 heterocycles. The molecule has 0 atom stereocenters. The van der Waals surface area contributed by atoms with Crippen molar-refractivity contribution in [2.45, 2.75) is 0 Å². The normalized spacial score (nSPS) is 10.8. The summed E-state index contributed by atoms with van der Waals surface area (Å²) in [7, 11) is 1.89. The largest absolute Gasteiger partial charge is 0.303 e. The molecule has 0 unspecified atom stereocenters. The van der Waals surface area contributed by atoms with Crippen molar-refractivity contribution in [1.82, 2.24) is 14.8 Å². The first-order valence-corrected chi connectivity index (χ1v) is 6.47. The van der Waals surface area contributed by atoms with Gasteiger partial charge in [0.2, 0.25) is 0 Å². The molecule has 0 aromatic carbocycles. The number of nitrogens with zero attached hydrogens (tertiary/aromatic N) is 2. The second-order valence-electron chi connectivity index (χ2n) is 2.64. The van der Waals surface area contributed by atoms with E-state index in [0.29, 0.717) is 4.77 Å². The number of halogens is 2. The van der Waals surface area contributed by atoms with Gasteiger partial charge in [-0.2, -0.15) is 5.10 Å². The zero-order chi connectivity index (χ0) is 10.3. The molecule has 0 aliphatic rings. The van der Waals surface area contributed by atoms with E-state index in [1.54, 1.807) is 11.3 Å². The van der Waals surface area contributed by atoms with Crippen LogP contribution in [0, 0.1) is 4.77 Å². The SMILES string of the molecule is Cn1c(-c2cc(Br)c(Br)s2)n[nH]c1=S. The highest BCUT2D eigenvalue weighted by Crippen LogP contribution is 2.37. The summed E-state index contributed by atoms with van der Waals surface area (Å²) in [6.45, 7) is 0. The van der Waals surface area contributed by atoms with Crippen molar-refractivity contribution >= 4 is 55.4 Å². The zero-order valence-electron chi connectivity index (χ0n) is 7.04. The van der Waals surface area contributed by atoms with Crippen LogP contribution in [0.3, 0.4) is 0 Å². The average Bonchev–Trinajstić information content (AvgIpc) is 2.61. The van der Waals surface area contributed by atoms with Gasteiger partial charge in [0, 0.05) is 11.5 Å². The number of hydrogen-bond acceptors (Lipinski definition) is 3. The molecule has 0 saturated carbocycles. The third kappa shape index (κ3) is 1.73. The molecule has 7 heteroatoms. The molecule has 3 nitrogen and oxygen atoms in total. The Bertz CT molecular complexity index is 506. The summed E-state index contributed by atoms with van der Waals surface area (Å²) in [6, 6.07) is 2.01. The van der Waals surface area contributed by atoms with E-state index >= 15 is 0 Å². The van der Waals surface area contributed by atoms with Crippen molar-refractivity contribution in [3.8, 4) is 10.7 Å². The molecule has 0 radical (unpaired) electrons. The number of aromatic nitrogens is 3. The Morgan fingerprint density at radius 2 is 2.29 bits per heavy atom. The Labute approximate surface area is 106 Å². The summed E-state index contributed by atoms with van der Waals surface area (Å²) in [5.74, 6) is 0.853. The Hall–Kier alpha value is 0.0200. The summed E-state index contributed by atoms with van der Waals surface area (Å²) in [5, 5.41) is 6.91. The highest BCUT2D eigenvalue weighted by molar-refractivity contribution is 9.13. The standard InChI is InChI=1S/C7H5Br2N3S2/c1-12-6(10-11-7(12)13)4-2-3(8)5(9)14-4/h2H,1H3,(H,11,13). The Kier molecular flexibility index (Phi) is 2.92. The maximum atomic E-state index is 5.04. The number of H-pyrrole nitrogens is 1. The van der Waals surface area contributed by atoms with E-state index in [1.165, 1.54) is 0 Å². The van der Waals surface area contributed by atoms with Crippen molar-refractivity contribution in [2.24, 2.45) is 7.05 Å². The number of thiophene rings is 1. The number of aromatic amines is 1. The molecule has 1 N–H and O–H groups in total. The fourth-order valence-electron chi connectivity index (χ4n) is 1.02. The van der Waals surface area contributed by atoms with Gasteiger partial charge < -0.3 is 4.57 Å². The van der Waals surface area contributed by atoms with E-state index in [-0.39, 0.29) is 0 Å². The van der Waals surface area contributed by atoms with E-state index < -0.39 is 0 Å². The predicted molar refractivity (Wildman–Crippen MR) is 67.1 cm³/mol. The van der Waals surface area contributed by atoms with Gasteiger partial charge >= 0.3 is 0 Å². The molecule has 74 valence electrons. The first-order chi connectivity index (χ1) is 6.59. The lowest BCUT2D eigenvalue weighted by Gasteiger charge is -1.94. The topological polar surface area (TPSA) is 33.6 Å². The van der Waals surface area contributed by atoms with Gasteiger partial charge in [-0.3, -0.25) is 5.10 Å². The summed E-state index contributed by atoms with van der Waals surface area (Å²) in [6.07, 6.45) is 0. The number of nitrogens with one attached hydrogen (secondary N) is 1. The van der Waals surface area contributed by atoms with E-state index in [1.807, 2.05) is 17.7 Å². The maximum absolute atomic E-state index is 5.04. The van der Waals surface area contributed by atoms with Crippen LogP contribution in [0.15, 0.2) is 14.3 Å². The molecule has 2 rings (SSSR count). The van der Waals surface area contributed by atoms with Crippen LogP contribution in [-0.2, 0) is 7.05 Å². The smallest absolute Gasteiger partial charge is 0.195 e. The quantitative estimate of drug-likeness (QED) is 0.791. The molecular weight excluding hydrogens is 350 g/mol. The fourth-order valence-corrected chi connectivity index (χ4v) is 3.22. The summed E-state index contributed by atoms with van der Waals surface area (Å²) in [4.78, 5) is 1.07. The van der Waals surface area contributed by atoms with Crippen molar-refractivity contribution in [3.63, 3.8) is 0 Å². The van der Waals surface area contributed by atoms with Crippen LogP contribution >= 0.6 is 55.4 Å². The first-order valence-electron chi connectivity index (χ1n) is 3.66. The van der Waals surface area contributed by atoms with Gasteiger partial charge in [-0.1, -0.05) is 0 Å². The molecule has 0 spiro atoms. The van der Waals surface area contributed by atoms with Crippen LogP contribution in [0.25, 0.3) is 10.7 Å². The average molecular weight is 355 g/mol. The number of hydrogen-bond donors (Lipinski definition) is 1. The van der Waals surface area contributed by atoms with E-state index in [9.17, 15) is 0 Å². The Balaban J connectivity index is 2.60. The summed E-state index contributed by atoms with van der Waals surface area (Å²) < 4.78 is 4.56. The van der Waals surface area contributed by atoms with Crippen LogP contribution in [0.1, 0.15) is 0 Å². The zero-order valence-corrected chi connectivity index (χ0v) is 11.8. The molecule has 0 bridgehead atoms. The van der Waals surface area contributed by atoms with Gasteiger partial charge in [-0.05, 0) is 50.1 Å². The molecule has 0 saturated heterocycles. The van der Waals surface area contributed by atoms with E-state index in [4.69, 9.17) is 12.2 Å². The van der Waals surface area contributed by atoms with Gasteiger partial charge in [0.25, 0.3) is 0 Å². The minimum atomic E-state index is 0.626. The van der Waals surface area contributed by atoms with Crippen molar-refractivity contribution in [3.05, 3.63) is 19.1 Å². The van der Waals surface area contributed by atoms with Gasteiger partial charge in [0.05, 0.1) is 8.66 Å². The van der Waals surface area contributed by atoms with Crippen molar-refractivity contribution in [2.75, 3.05) is 0 Å². The van der Waals surface area contributed by atoms with Crippen LogP contribution in [-0.4, -0.2) is 14.8 Å². The van der Waals surface area contributed by atoms with Crippen LogP contribution in [0.5, 0.6) is 0 Å². The van der Waals surface area contributed by atoms with Crippen molar-refractivity contribution in [1.29, 1.82) is 0 Å². The first kappa shape index (κ1) is 10.5. The lowest BCUT2D eigenvalue weighted by molar-refractivity contribution is 0.904. The minimum Gasteiger partial charge on any atom is -0.303 e. The predicted octanol–water partition coefficient (Wildman–Crippen LogP) is 3.73. The van der Waals surface area contributed by atoms with Gasteiger partial charge in [-0.15, -0.1) is 11.3 Å². The lowest BCUT2D eigenvalue weighted by atomic mass is 10.4. The Morgan fingerprint density at radius 3 is 2.71 bits per heavy atom. The Morgan fingerprint density at radius 1 is 1.57 bits per heavy atom. The van der Waals surface area contributed by atoms with E-state index in [2.05, 4.69) is 42.1 Å². The highest BCUT2D eigenvalue weighted by Gasteiger charge is 2.10. The molecule has 2 aromatic heterocycles. The van der Waals surface area contributed by atoms with Crippen molar-refractivity contribution < 1.29 is 0 Å².